The highest BCUT2D eigenvalue weighted by molar-refractivity contribution is 5.71. The maximum Gasteiger partial charge on any atom is 0.306 e. The first-order valence-electron chi connectivity index (χ1n) is 23.7. The topological polar surface area (TPSA) is 78.9 Å². The van der Waals surface area contributed by atoms with Crippen molar-refractivity contribution in [2.75, 3.05) is 13.2 Å². The second-order valence-corrected chi connectivity index (χ2v) is 15.3. The predicted molar refractivity (Wildman–Crippen MR) is 251 cm³/mol. The maximum atomic E-state index is 12.6. The van der Waals surface area contributed by atoms with Crippen LogP contribution >= 0.6 is 0 Å². The maximum absolute atomic E-state index is 12.6. The Morgan fingerprint density at radius 2 is 0.661 bits per heavy atom. The summed E-state index contributed by atoms with van der Waals surface area (Å²) in [6.45, 7) is 6.36. The number of carbonyl (C=O) groups is 3. The molecule has 334 valence electrons. The molecule has 6 nitrogen and oxygen atoms in total. The Kier molecular flexibility index (Phi) is 44.1. The van der Waals surface area contributed by atoms with Gasteiger partial charge in [-0.25, -0.2) is 0 Å². The largest absolute Gasteiger partial charge is 0.462 e. The van der Waals surface area contributed by atoms with E-state index in [9.17, 15) is 14.4 Å². The molecule has 0 aromatic carbocycles. The Bertz CT molecular complexity index is 1220. The zero-order valence-corrected chi connectivity index (χ0v) is 38.0. The van der Waals surface area contributed by atoms with E-state index in [1.807, 2.05) is 0 Å². The lowest BCUT2D eigenvalue weighted by atomic mass is 10.1. The van der Waals surface area contributed by atoms with Crippen molar-refractivity contribution in [1.29, 1.82) is 0 Å². The minimum absolute atomic E-state index is 0.0915. The van der Waals surface area contributed by atoms with Crippen molar-refractivity contribution in [3.8, 4) is 0 Å². The average molecular weight is 819 g/mol. The summed E-state index contributed by atoms with van der Waals surface area (Å²) in [5.74, 6) is -0.961. The standard InChI is InChI=1S/C53H86O6/c1-4-7-10-13-16-18-19-20-21-22-23-24-25-26-27-28-29-30-31-32-33-34-35-36-38-40-43-46-52(55)58-49-50(48-57-51(54)45-42-39-15-12-9-6-3)59-53(56)47-44-41-37-17-14-11-8-5-2/h7,10,16,18,20-21,23-24,26-27,29-30,32-33,35-36,50H,4-6,8-9,11-15,17,19,22,25,28,31,34,37-49H2,1-3H3/b10-7-,18-16-,21-20-,24-23-,27-26-,30-29-,33-32-,36-35-. The van der Waals surface area contributed by atoms with Gasteiger partial charge < -0.3 is 14.2 Å². The SMILES string of the molecule is CC/C=C\C/C=C\C/C=C\C/C=C\C/C=C\C/C=C\C/C=C\C/C=C\CCCCC(=O)OCC(COC(=O)CCCCCCCC)OC(=O)CCCCCCCCCC. The number of allylic oxidation sites excluding steroid dienone is 16. The van der Waals surface area contributed by atoms with E-state index in [0.29, 0.717) is 19.3 Å². The van der Waals surface area contributed by atoms with Gasteiger partial charge in [0.2, 0.25) is 0 Å². The highest BCUT2D eigenvalue weighted by atomic mass is 16.6. The van der Waals surface area contributed by atoms with E-state index in [1.54, 1.807) is 0 Å². The molecule has 0 aliphatic heterocycles. The molecule has 0 heterocycles. The quantitative estimate of drug-likeness (QED) is 0.0265. The van der Waals surface area contributed by atoms with Crippen molar-refractivity contribution in [2.24, 2.45) is 0 Å². The number of ether oxygens (including phenoxy) is 3. The molecule has 1 unspecified atom stereocenters. The fourth-order valence-electron chi connectivity index (χ4n) is 6.04. The van der Waals surface area contributed by atoms with Crippen molar-refractivity contribution in [3.05, 3.63) is 97.2 Å². The first-order valence-corrected chi connectivity index (χ1v) is 23.7. The van der Waals surface area contributed by atoms with Crippen LogP contribution in [0, 0.1) is 0 Å². The molecule has 0 amide bonds. The molecule has 0 aromatic rings. The Labute approximate surface area is 362 Å². The third kappa shape index (κ3) is 45.3. The van der Waals surface area contributed by atoms with Gasteiger partial charge in [-0.3, -0.25) is 14.4 Å². The fraction of sp³-hybridized carbons (Fsp3) is 0.642. The van der Waals surface area contributed by atoms with Crippen LogP contribution in [0.5, 0.6) is 0 Å². The van der Waals surface area contributed by atoms with Gasteiger partial charge in [-0.15, -0.1) is 0 Å². The lowest BCUT2D eigenvalue weighted by Crippen LogP contribution is -2.30. The summed E-state index contributed by atoms with van der Waals surface area (Å²) in [6.07, 6.45) is 61.5. The summed E-state index contributed by atoms with van der Waals surface area (Å²) in [4.78, 5) is 37.4. The molecule has 0 spiro atoms. The van der Waals surface area contributed by atoms with E-state index in [1.165, 1.54) is 51.4 Å². The second-order valence-electron chi connectivity index (χ2n) is 15.3. The van der Waals surface area contributed by atoms with E-state index in [-0.39, 0.29) is 31.1 Å². The van der Waals surface area contributed by atoms with E-state index in [4.69, 9.17) is 14.2 Å². The number of unbranched alkanes of at least 4 members (excludes halogenated alkanes) is 14. The van der Waals surface area contributed by atoms with Crippen molar-refractivity contribution in [1.82, 2.24) is 0 Å². The van der Waals surface area contributed by atoms with Crippen LogP contribution in [0.1, 0.15) is 201 Å². The number of esters is 3. The first kappa shape index (κ1) is 55.3. The molecule has 6 heteroatoms. The lowest BCUT2D eigenvalue weighted by molar-refractivity contribution is -0.167. The van der Waals surface area contributed by atoms with Crippen molar-refractivity contribution in [3.63, 3.8) is 0 Å². The zero-order valence-electron chi connectivity index (χ0n) is 38.0. The lowest BCUT2D eigenvalue weighted by Gasteiger charge is -2.18. The van der Waals surface area contributed by atoms with E-state index >= 15 is 0 Å². The van der Waals surface area contributed by atoms with Gasteiger partial charge in [0.25, 0.3) is 0 Å². The third-order valence-electron chi connectivity index (χ3n) is 9.60. The summed E-state index contributed by atoms with van der Waals surface area (Å²) in [7, 11) is 0. The second kappa shape index (κ2) is 47.0. The molecule has 0 fully saturated rings. The van der Waals surface area contributed by atoms with E-state index in [0.717, 1.165) is 109 Å². The van der Waals surface area contributed by atoms with Crippen LogP contribution in [-0.4, -0.2) is 37.2 Å². The molecule has 0 rings (SSSR count). The Morgan fingerprint density at radius 3 is 1.03 bits per heavy atom. The first-order chi connectivity index (χ1) is 29.0. The highest BCUT2D eigenvalue weighted by Gasteiger charge is 2.19. The van der Waals surface area contributed by atoms with Crippen LogP contribution in [0.25, 0.3) is 0 Å². The number of rotatable bonds is 41. The minimum Gasteiger partial charge on any atom is -0.462 e. The van der Waals surface area contributed by atoms with Crippen molar-refractivity contribution in [2.45, 2.75) is 207 Å². The van der Waals surface area contributed by atoms with Crippen LogP contribution in [0.3, 0.4) is 0 Å². The number of hydrogen-bond donors (Lipinski definition) is 0. The summed E-state index contributed by atoms with van der Waals surface area (Å²) in [6, 6.07) is 0. The van der Waals surface area contributed by atoms with Crippen molar-refractivity contribution >= 4 is 17.9 Å². The van der Waals surface area contributed by atoms with Gasteiger partial charge in [-0.05, 0) is 83.5 Å². The van der Waals surface area contributed by atoms with Gasteiger partial charge in [0.15, 0.2) is 6.10 Å². The van der Waals surface area contributed by atoms with Gasteiger partial charge >= 0.3 is 17.9 Å². The number of carbonyl (C=O) groups excluding carboxylic acids is 3. The van der Waals surface area contributed by atoms with E-state index < -0.39 is 6.10 Å². The third-order valence-corrected chi connectivity index (χ3v) is 9.60. The van der Waals surface area contributed by atoms with Crippen LogP contribution in [0.2, 0.25) is 0 Å². The van der Waals surface area contributed by atoms with Crippen LogP contribution in [0.4, 0.5) is 0 Å². The zero-order chi connectivity index (χ0) is 43.0. The molecule has 0 N–H and O–H groups in total. The summed E-state index contributed by atoms with van der Waals surface area (Å²) in [5.41, 5.74) is 0. The van der Waals surface area contributed by atoms with Gasteiger partial charge in [0.1, 0.15) is 13.2 Å². The Morgan fingerprint density at radius 1 is 0.356 bits per heavy atom. The molecule has 0 radical (unpaired) electrons. The van der Waals surface area contributed by atoms with Crippen LogP contribution < -0.4 is 0 Å². The molecule has 0 bridgehead atoms. The molecule has 0 saturated carbocycles. The van der Waals surface area contributed by atoms with Gasteiger partial charge in [-0.1, -0.05) is 195 Å². The highest BCUT2D eigenvalue weighted by Crippen LogP contribution is 2.12. The molecule has 0 saturated heterocycles. The molecular weight excluding hydrogens is 733 g/mol. The summed E-state index contributed by atoms with van der Waals surface area (Å²) in [5, 5.41) is 0. The Hall–Kier alpha value is -3.67. The summed E-state index contributed by atoms with van der Waals surface area (Å²) >= 11 is 0. The predicted octanol–water partition coefficient (Wildman–Crippen LogP) is 15.4. The molecule has 0 aliphatic carbocycles. The van der Waals surface area contributed by atoms with Gasteiger partial charge in [0, 0.05) is 19.3 Å². The molecule has 0 aromatic heterocycles. The monoisotopic (exact) mass is 819 g/mol. The number of hydrogen-bond acceptors (Lipinski definition) is 6. The fourth-order valence-corrected chi connectivity index (χ4v) is 6.04. The minimum atomic E-state index is -0.788. The molecule has 0 aliphatic rings. The molecule has 1 atom stereocenters. The van der Waals surface area contributed by atoms with Crippen LogP contribution in [-0.2, 0) is 28.6 Å². The molecule has 59 heavy (non-hydrogen) atoms. The van der Waals surface area contributed by atoms with Crippen molar-refractivity contribution < 1.29 is 28.6 Å². The normalized spacial score (nSPS) is 12.9. The smallest absolute Gasteiger partial charge is 0.306 e. The average Bonchev–Trinajstić information content (AvgIpc) is 3.23. The van der Waals surface area contributed by atoms with Gasteiger partial charge in [0.05, 0.1) is 0 Å². The van der Waals surface area contributed by atoms with E-state index in [2.05, 4.69) is 118 Å². The van der Waals surface area contributed by atoms with Crippen LogP contribution in [0.15, 0.2) is 97.2 Å². The Balaban J connectivity index is 4.21. The van der Waals surface area contributed by atoms with Gasteiger partial charge in [-0.2, -0.15) is 0 Å². The molecular formula is C53H86O6. The summed E-state index contributed by atoms with van der Waals surface area (Å²) < 4.78 is 16.5.